The summed E-state index contributed by atoms with van der Waals surface area (Å²) in [6.45, 7) is 4.19. The zero-order valence-electron chi connectivity index (χ0n) is 10.6. The molecular formula is C14H18N2O. The van der Waals surface area contributed by atoms with Crippen molar-refractivity contribution in [2.45, 2.75) is 26.7 Å². The first-order valence-corrected chi connectivity index (χ1v) is 5.82. The van der Waals surface area contributed by atoms with Crippen molar-refractivity contribution in [3.05, 3.63) is 29.8 Å². The molecule has 1 amide bonds. The maximum absolute atomic E-state index is 11.9. The van der Waals surface area contributed by atoms with Crippen LogP contribution in [0, 0.1) is 17.2 Å². The summed E-state index contributed by atoms with van der Waals surface area (Å²) in [5.74, 6) is 0.569. The van der Waals surface area contributed by atoms with E-state index in [2.05, 4.69) is 19.9 Å². The van der Waals surface area contributed by atoms with Crippen molar-refractivity contribution >= 4 is 11.6 Å². The second kappa shape index (κ2) is 6.05. The minimum atomic E-state index is 0.0569. The highest BCUT2D eigenvalue weighted by molar-refractivity contribution is 5.94. The van der Waals surface area contributed by atoms with Gasteiger partial charge in [-0.25, -0.2) is 0 Å². The van der Waals surface area contributed by atoms with Crippen LogP contribution in [0.2, 0.25) is 0 Å². The number of hydrogen-bond acceptors (Lipinski definition) is 2. The van der Waals surface area contributed by atoms with Crippen molar-refractivity contribution in [3.63, 3.8) is 0 Å². The van der Waals surface area contributed by atoms with E-state index in [-0.39, 0.29) is 5.91 Å². The molecule has 0 aromatic heterocycles. The number of benzene rings is 1. The van der Waals surface area contributed by atoms with Gasteiger partial charge in [-0.3, -0.25) is 4.79 Å². The van der Waals surface area contributed by atoms with Gasteiger partial charge in [-0.15, -0.1) is 0 Å². The van der Waals surface area contributed by atoms with E-state index in [1.807, 2.05) is 6.07 Å². The van der Waals surface area contributed by atoms with Gasteiger partial charge in [0.1, 0.15) is 6.07 Å². The Balaban J connectivity index is 2.79. The molecule has 0 radical (unpaired) electrons. The van der Waals surface area contributed by atoms with Crippen molar-refractivity contribution < 1.29 is 4.79 Å². The first-order chi connectivity index (χ1) is 8.06. The predicted molar refractivity (Wildman–Crippen MR) is 68.6 cm³/mol. The van der Waals surface area contributed by atoms with Crippen LogP contribution in [-0.2, 0) is 4.79 Å². The van der Waals surface area contributed by atoms with E-state index in [9.17, 15) is 4.79 Å². The zero-order chi connectivity index (χ0) is 12.8. The molecule has 0 atom stereocenters. The van der Waals surface area contributed by atoms with Gasteiger partial charge in [-0.2, -0.15) is 5.26 Å². The maximum Gasteiger partial charge on any atom is 0.226 e. The van der Waals surface area contributed by atoms with Crippen LogP contribution in [0.5, 0.6) is 0 Å². The highest BCUT2D eigenvalue weighted by atomic mass is 16.2. The number of rotatable bonds is 4. The van der Waals surface area contributed by atoms with E-state index >= 15 is 0 Å². The Morgan fingerprint density at radius 2 is 2.06 bits per heavy atom. The topological polar surface area (TPSA) is 44.1 Å². The summed E-state index contributed by atoms with van der Waals surface area (Å²) in [4.78, 5) is 13.5. The van der Waals surface area contributed by atoms with Gasteiger partial charge in [0.15, 0.2) is 0 Å². The molecule has 90 valence electrons. The van der Waals surface area contributed by atoms with Crippen molar-refractivity contribution in [2.75, 3.05) is 11.9 Å². The number of para-hydroxylation sites is 1. The van der Waals surface area contributed by atoms with Gasteiger partial charge in [0.25, 0.3) is 0 Å². The van der Waals surface area contributed by atoms with Gasteiger partial charge in [-0.1, -0.05) is 26.0 Å². The molecule has 0 saturated carbocycles. The fourth-order valence-electron chi connectivity index (χ4n) is 1.57. The molecule has 0 saturated heterocycles. The van der Waals surface area contributed by atoms with Crippen LogP contribution in [0.25, 0.3) is 0 Å². The SMILES string of the molecule is CC(C)CCC(=O)N(C)c1ccccc1C#N. The quantitative estimate of drug-likeness (QED) is 0.798. The van der Waals surface area contributed by atoms with Crippen molar-refractivity contribution in [2.24, 2.45) is 5.92 Å². The second-order valence-electron chi connectivity index (χ2n) is 4.51. The maximum atomic E-state index is 11.9. The molecule has 1 rings (SSSR count). The normalized spacial score (nSPS) is 10.1. The Labute approximate surface area is 103 Å². The minimum Gasteiger partial charge on any atom is -0.314 e. The monoisotopic (exact) mass is 230 g/mol. The van der Waals surface area contributed by atoms with E-state index in [4.69, 9.17) is 5.26 Å². The van der Waals surface area contributed by atoms with E-state index in [1.54, 1.807) is 30.1 Å². The number of hydrogen-bond donors (Lipinski definition) is 0. The number of carbonyl (C=O) groups excluding carboxylic acids is 1. The number of nitriles is 1. The Morgan fingerprint density at radius 1 is 1.41 bits per heavy atom. The van der Waals surface area contributed by atoms with Crippen LogP contribution < -0.4 is 4.90 Å². The Kier molecular flexibility index (Phi) is 4.71. The molecule has 0 N–H and O–H groups in total. The molecule has 1 aromatic carbocycles. The molecule has 1 aromatic rings. The standard InChI is InChI=1S/C14H18N2O/c1-11(2)8-9-14(17)16(3)13-7-5-4-6-12(13)10-15/h4-7,11H,8-9H2,1-3H3. The average molecular weight is 230 g/mol. The largest absolute Gasteiger partial charge is 0.314 e. The second-order valence-corrected chi connectivity index (χ2v) is 4.51. The molecule has 3 nitrogen and oxygen atoms in total. The van der Waals surface area contributed by atoms with Gasteiger partial charge >= 0.3 is 0 Å². The van der Waals surface area contributed by atoms with Gasteiger partial charge in [-0.05, 0) is 24.5 Å². The molecule has 0 bridgehead atoms. The fourth-order valence-corrected chi connectivity index (χ4v) is 1.57. The summed E-state index contributed by atoms with van der Waals surface area (Å²) < 4.78 is 0. The van der Waals surface area contributed by atoms with E-state index < -0.39 is 0 Å². The third-order valence-electron chi connectivity index (χ3n) is 2.70. The molecule has 0 fully saturated rings. The lowest BCUT2D eigenvalue weighted by atomic mass is 10.1. The first kappa shape index (κ1) is 13.2. The lowest BCUT2D eigenvalue weighted by Crippen LogP contribution is -2.26. The van der Waals surface area contributed by atoms with Gasteiger partial charge in [0.05, 0.1) is 11.3 Å². The summed E-state index contributed by atoms with van der Waals surface area (Å²) in [5.41, 5.74) is 1.22. The van der Waals surface area contributed by atoms with Crippen molar-refractivity contribution in [1.82, 2.24) is 0 Å². The summed E-state index contributed by atoms with van der Waals surface area (Å²) in [5, 5.41) is 8.98. The van der Waals surface area contributed by atoms with Gasteiger partial charge in [0.2, 0.25) is 5.91 Å². The molecule has 0 unspecified atom stereocenters. The molecule has 0 aliphatic rings. The first-order valence-electron chi connectivity index (χ1n) is 5.82. The average Bonchev–Trinajstić information content (AvgIpc) is 2.34. The van der Waals surface area contributed by atoms with Crippen LogP contribution in [0.3, 0.4) is 0 Å². The van der Waals surface area contributed by atoms with Crippen LogP contribution in [0.4, 0.5) is 5.69 Å². The molecule has 0 aliphatic carbocycles. The van der Waals surface area contributed by atoms with Crippen molar-refractivity contribution in [3.8, 4) is 6.07 Å². The molecule has 17 heavy (non-hydrogen) atoms. The van der Waals surface area contributed by atoms with Gasteiger partial charge in [0, 0.05) is 13.5 Å². The predicted octanol–water partition coefficient (Wildman–Crippen LogP) is 2.96. The molecule has 0 heterocycles. The highest BCUT2D eigenvalue weighted by Gasteiger charge is 2.14. The molecule has 0 aliphatic heterocycles. The molecule has 3 heteroatoms. The third kappa shape index (κ3) is 3.60. The number of amides is 1. The van der Waals surface area contributed by atoms with Crippen molar-refractivity contribution in [1.29, 1.82) is 5.26 Å². The Hall–Kier alpha value is -1.82. The highest BCUT2D eigenvalue weighted by Crippen LogP contribution is 2.19. The van der Waals surface area contributed by atoms with E-state index in [0.29, 0.717) is 23.6 Å². The van der Waals surface area contributed by atoms with Crippen LogP contribution in [-0.4, -0.2) is 13.0 Å². The summed E-state index contributed by atoms with van der Waals surface area (Å²) in [6.07, 6.45) is 1.39. The number of nitrogens with zero attached hydrogens (tertiary/aromatic N) is 2. The van der Waals surface area contributed by atoms with Crippen LogP contribution in [0.1, 0.15) is 32.3 Å². The lowest BCUT2D eigenvalue weighted by molar-refractivity contribution is -0.118. The summed E-state index contributed by atoms with van der Waals surface area (Å²) >= 11 is 0. The molecular weight excluding hydrogens is 212 g/mol. The smallest absolute Gasteiger partial charge is 0.226 e. The number of anilines is 1. The number of carbonyl (C=O) groups is 1. The molecule has 0 spiro atoms. The third-order valence-corrected chi connectivity index (χ3v) is 2.70. The van der Waals surface area contributed by atoms with Crippen LogP contribution >= 0.6 is 0 Å². The fraction of sp³-hybridized carbons (Fsp3) is 0.429. The summed E-state index contributed by atoms with van der Waals surface area (Å²) in [7, 11) is 1.72. The van der Waals surface area contributed by atoms with E-state index in [1.165, 1.54) is 0 Å². The minimum absolute atomic E-state index is 0.0569. The summed E-state index contributed by atoms with van der Waals surface area (Å²) in [6, 6.07) is 9.26. The zero-order valence-corrected chi connectivity index (χ0v) is 10.6. The Morgan fingerprint density at radius 3 is 2.65 bits per heavy atom. The Bertz CT molecular complexity index is 432. The van der Waals surface area contributed by atoms with E-state index in [0.717, 1.165) is 6.42 Å². The van der Waals surface area contributed by atoms with Crippen LogP contribution in [0.15, 0.2) is 24.3 Å². The lowest BCUT2D eigenvalue weighted by Gasteiger charge is -2.19. The van der Waals surface area contributed by atoms with Gasteiger partial charge < -0.3 is 4.90 Å².